The molecule has 0 fully saturated rings. The van der Waals surface area contributed by atoms with Gasteiger partial charge in [-0.15, -0.1) is 0 Å². The van der Waals surface area contributed by atoms with E-state index in [1.54, 1.807) is 24.3 Å². The van der Waals surface area contributed by atoms with E-state index in [0.717, 1.165) is 5.56 Å². The molecule has 1 atom stereocenters. The Morgan fingerprint density at radius 2 is 1.94 bits per heavy atom. The normalized spacial score (nSPS) is 12.3. The van der Waals surface area contributed by atoms with Crippen LogP contribution in [0.3, 0.4) is 0 Å². The highest BCUT2D eigenvalue weighted by atomic mass is 32.2. The molecule has 1 aromatic rings. The third-order valence-electron chi connectivity index (χ3n) is 1.94. The Balaban J connectivity index is 2.75. The van der Waals surface area contributed by atoms with Gasteiger partial charge in [0.2, 0.25) is 10.9 Å². The molecule has 16 heavy (non-hydrogen) atoms. The van der Waals surface area contributed by atoms with Crippen molar-refractivity contribution >= 4 is 16.9 Å². The van der Waals surface area contributed by atoms with E-state index in [0.29, 0.717) is 0 Å². The predicted octanol–water partition coefficient (Wildman–Crippen LogP) is -0.488. The fraction of sp³-hybridized carbons (Fsp3) is 0.222. The van der Waals surface area contributed by atoms with Gasteiger partial charge >= 0.3 is 6.03 Å². The third-order valence-corrected chi connectivity index (χ3v) is 2.47. The standard InChI is InChI=1S/C9H13N3O3S/c10-9(13)11-6-8(12-16(14)15)7-4-2-1-3-5-7/h1-5,8,16H,6H2,(H3,10,11,13)(H,12,14,15). The van der Waals surface area contributed by atoms with Gasteiger partial charge in [-0.05, 0) is 5.56 Å². The number of rotatable bonds is 5. The molecule has 7 heteroatoms. The molecule has 0 saturated heterocycles. The third kappa shape index (κ3) is 4.28. The molecule has 0 aliphatic heterocycles. The van der Waals surface area contributed by atoms with Crippen LogP contribution < -0.4 is 15.8 Å². The van der Waals surface area contributed by atoms with Crippen LogP contribution in [0.2, 0.25) is 0 Å². The maximum absolute atomic E-state index is 10.6. The minimum Gasteiger partial charge on any atom is -0.352 e. The largest absolute Gasteiger partial charge is 0.352 e. The lowest BCUT2D eigenvalue weighted by atomic mass is 10.1. The number of primary amides is 1. The topological polar surface area (TPSA) is 101 Å². The molecular formula is C9H13N3O3S. The van der Waals surface area contributed by atoms with Gasteiger partial charge in [0.15, 0.2) is 0 Å². The van der Waals surface area contributed by atoms with Crippen LogP contribution in [-0.4, -0.2) is 21.0 Å². The van der Waals surface area contributed by atoms with E-state index < -0.39 is 23.0 Å². The molecule has 6 nitrogen and oxygen atoms in total. The van der Waals surface area contributed by atoms with E-state index in [-0.39, 0.29) is 6.54 Å². The van der Waals surface area contributed by atoms with Crippen molar-refractivity contribution in [3.05, 3.63) is 35.9 Å². The van der Waals surface area contributed by atoms with Gasteiger partial charge < -0.3 is 11.1 Å². The number of nitrogens with one attached hydrogen (secondary N) is 2. The first-order valence-electron chi connectivity index (χ1n) is 4.58. The summed E-state index contributed by atoms with van der Waals surface area (Å²) in [5.41, 5.74) is 5.68. The molecule has 1 rings (SSSR count). The van der Waals surface area contributed by atoms with Crippen molar-refractivity contribution in [2.45, 2.75) is 6.04 Å². The molecular weight excluding hydrogens is 230 g/mol. The zero-order chi connectivity index (χ0) is 12.0. The summed E-state index contributed by atoms with van der Waals surface area (Å²) in [5, 5.41) is 2.36. The van der Waals surface area contributed by atoms with Crippen LogP contribution in [0, 0.1) is 0 Å². The molecule has 0 heterocycles. The van der Waals surface area contributed by atoms with E-state index in [4.69, 9.17) is 5.73 Å². The van der Waals surface area contributed by atoms with Crippen molar-refractivity contribution in [2.75, 3.05) is 6.54 Å². The second-order valence-corrected chi connectivity index (χ2v) is 3.87. The quantitative estimate of drug-likeness (QED) is 0.525. The fourth-order valence-corrected chi connectivity index (χ4v) is 1.75. The van der Waals surface area contributed by atoms with E-state index in [1.165, 1.54) is 0 Å². The van der Waals surface area contributed by atoms with Crippen LogP contribution in [0.1, 0.15) is 11.6 Å². The van der Waals surface area contributed by atoms with E-state index in [2.05, 4.69) is 10.0 Å². The van der Waals surface area contributed by atoms with Crippen molar-refractivity contribution in [1.29, 1.82) is 0 Å². The number of amides is 2. The van der Waals surface area contributed by atoms with Crippen LogP contribution in [0.4, 0.5) is 4.79 Å². The van der Waals surface area contributed by atoms with Crippen molar-refractivity contribution in [1.82, 2.24) is 10.0 Å². The second kappa shape index (κ2) is 6.09. The summed E-state index contributed by atoms with van der Waals surface area (Å²) in [5.74, 6) is 0. The fourth-order valence-electron chi connectivity index (χ4n) is 1.25. The van der Waals surface area contributed by atoms with Gasteiger partial charge in [0.1, 0.15) is 0 Å². The summed E-state index contributed by atoms with van der Waals surface area (Å²) in [6.07, 6.45) is 0. The number of urea groups is 1. The lowest BCUT2D eigenvalue weighted by Crippen LogP contribution is -2.37. The molecule has 2 amide bonds. The van der Waals surface area contributed by atoms with Crippen LogP contribution in [0.25, 0.3) is 0 Å². The van der Waals surface area contributed by atoms with Gasteiger partial charge in [-0.3, -0.25) is 0 Å². The van der Waals surface area contributed by atoms with E-state index in [9.17, 15) is 13.2 Å². The molecule has 0 aliphatic rings. The zero-order valence-corrected chi connectivity index (χ0v) is 9.31. The van der Waals surface area contributed by atoms with Gasteiger partial charge in [-0.2, -0.15) is 0 Å². The molecule has 0 radical (unpaired) electrons. The number of benzene rings is 1. The summed E-state index contributed by atoms with van der Waals surface area (Å²) in [6.45, 7) is 0.114. The zero-order valence-electron chi connectivity index (χ0n) is 8.42. The van der Waals surface area contributed by atoms with Crippen LogP contribution in [0.15, 0.2) is 30.3 Å². The van der Waals surface area contributed by atoms with E-state index >= 15 is 0 Å². The summed E-state index contributed by atoms with van der Waals surface area (Å²) in [4.78, 5) is 10.6. The van der Waals surface area contributed by atoms with Gasteiger partial charge in [0.05, 0.1) is 6.04 Å². The minimum absolute atomic E-state index is 0.114. The number of thiol groups is 1. The molecule has 0 saturated carbocycles. The second-order valence-electron chi connectivity index (χ2n) is 3.09. The van der Waals surface area contributed by atoms with Crippen molar-refractivity contribution in [3.63, 3.8) is 0 Å². The number of hydrogen-bond acceptors (Lipinski definition) is 3. The number of hydrogen-bond donors (Lipinski definition) is 4. The Kier molecular flexibility index (Phi) is 4.74. The maximum Gasteiger partial charge on any atom is 0.312 e. The minimum atomic E-state index is -2.74. The predicted molar refractivity (Wildman–Crippen MR) is 60.2 cm³/mol. The molecule has 4 N–H and O–H groups in total. The summed E-state index contributed by atoms with van der Waals surface area (Å²) < 4.78 is 23.6. The van der Waals surface area contributed by atoms with Gasteiger partial charge in [-0.1, -0.05) is 30.3 Å². The lowest BCUT2D eigenvalue weighted by molar-refractivity contribution is 0.248. The number of carbonyl (C=O) groups excluding carboxylic acids is 1. The van der Waals surface area contributed by atoms with Crippen LogP contribution in [-0.2, 0) is 10.9 Å². The Hall–Kier alpha value is -1.60. The van der Waals surface area contributed by atoms with Crippen LogP contribution in [0.5, 0.6) is 0 Å². The first kappa shape index (κ1) is 12.5. The molecule has 1 aromatic carbocycles. The molecule has 0 bridgehead atoms. The highest BCUT2D eigenvalue weighted by Gasteiger charge is 2.11. The summed E-state index contributed by atoms with van der Waals surface area (Å²) in [6, 6.07) is 7.72. The smallest absolute Gasteiger partial charge is 0.312 e. The highest BCUT2D eigenvalue weighted by molar-refractivity contribution is 7.70. The van der Waals surface area contributed by atoms with E-state index in [1.807, 2.05) is 6.07 Å². The molecule has 0 aromatic heterocycles. The first-order chi connectivity index (χ1) is 7.59. The molecule has 0 aliphatic carbocycles. The van der Waals surface area contributed by atoms with Gasteiger partial charge in [-0.25, -0.2) is 17.9 Å². The Morgan fingerprint density at radius 1 is 1.31 bits per heavy atom. The van der Waals surface area contributed by atoms with Crippen molar-refractivity contribution < 1.29 is 13.2 Å². The number of carbonyl (C=O) groups is 1. The van der Waals surface area contributed by atoms with Crippen LogP contribution >= 0.6 is 0 Å². The Labute approximate surface area is 94.9 Å². The van der Waals surface area contributed by atoms with Gasteiger partial charge in [0.25, 0.3) is 0 Å². The van der Waals surface area contributed by atoms with Gasteiger partial charge in [0, 0.05) is 6.54 Å². The molecule has 88 valence electrons. The molecule has 0 spiro atoms. The summed E-state index contributed by atoms with van der Waals surface area (Å²) >= 11 is 0. The lowest BCUT2D eigenvalue weighted by Gasteiger charge is -2.15. The van der Waals surface area contributed by atoms with Crippen molar-refractivity contribution in [2.24, 2.45) is 5.73 Å². The average Bonchev–Trinajstić information content (AvgIpc) is 2.25. The monoisotopic (exact) mass is 243 g/mol. The number of nitrogens with two attached hydrogens (primary N) is 1. The Morgan fingerprint density at radius 3 is 2.44 bits per heavy atom. The first-order valence-corrected chi connectivity index (χ1v) is 5.76. The molecule has 1 unspecified atom stereocenters. The maximum atomic E-state index is 10.6. The Bertz CT molecular complexity index is 411. The average molecular weight is 243 g/mol. The SMILES string of the molecule is NC(=O)NCC(N[SH](=O)=O)c1ccccc1. The van der Waals surface area contributed by atoms with Crippen molar-refractivity contribution in [3.8, 4) is 0 Å². The summed E-state index contributed by atoms with van der Waals surface area (Å²) in [7, 11) is -2.74. The highest BCUT2D eigenvalue weighted by Crippen LogP contribution is 2.10.